The van der Waals surface area contributed by atoms with Crippen molar-refractivity contribution in [3.63, 3.8) is 0 Å². The van der Waals surface area contributed by atoms with Gasteiger partial charge in [-0.3, -0.25) is 4.55 Å². The SMILES string of the molecule is O=S(=O)([O-])c1ccc2ccc(S(=O)(=O)O)c([O-])c2c1.[Na+].[Na+]. The summed E-state index contributed by atoms with van der Waals surface area (Å²) in [7, 11) is -9.47. The minimum atomic E-state index is -4.76. The first-order chi connectivity index (χ1) is 8.60. The third-order valence-corrected chi connectivity index (χ3v) is 4.18. The Labute approximate surface area is 165 Å². The molecule has 2 aromatic carbocycles. The summed E-state index contributed by atoms with van der Waals surface area (Å²) in [6.45, 7) is 0. The maximum atomic E-state index is 11.8. The topological polar surface area (TPSA) is 135 Å². The Kier molecular flexibility index (Phi) is 7.37. The molecular formula is C10H6Na2O7S2. The Balaban J connectivity index is 0.00000200. The van der Waals surface area contributed by atoms with E-state index in [0.717, 1.165) is 18.2 Å². The van der Waals surface area contributed by atoms with Crippen LogP contribution in [0, 0.1) is 0 Å². The van der Waals surface area contributed by atoms with Gasteiger partial charge in [0.1, 0.15) is 10.1 Å². The average molecular weight is 348 g/mol. The molecule has 0 atom stereocenters. The maximum Gasteiger partial charge on any atom is 1.00 e. The number of hydrogen-bond donors (Lipinski definition) is 1. The molecule has 0 amide bonds. The van der Waals surface area contributed by atoms with E-state index in [4.69, 9.17) is 4.55 Å². The summed E-state index contributed by atoms with van der Waals surface area (Å²) in [6.07, 6.45) is 0. The predicted molar refractivity (Wildman–Crippen MR) is 61.2 cm³/mol. The van der Waals surface area contributed by atoms with Crippen LogP contribution < -0.4 is 64.2 Å². The van der Waals surface area contributed by atoms with Crippen LogP contribution in [0.25, 0.3) is 10.8 Å². The molecule has 0 bridgehead atoms. The largest absolute Gasteiger partial charge is 1.00 e. The molecule has 0 aromatic heterocycles. The minimum absolute atomic E-state index is 0. The van der Waals surface area contributed by atoms with Gasteiger partial charge in [-0.2, -0.15) is 8.42 Å². The molecule has 0 radical (unpaired) electrons. The third kappa shape index (κ3) is 4.64. The van der Waals surface area contributed by atoms with Gasteiger partial charge >= 0.3 is 59.1 Å². The predicted octanol–water partition coefficient (Wildman–Crippen LogP) is -5.93. The zero-order valence-corrected chi connectivity index (χ0v) is 16.7. The summed E-state index contributed by atoms with van der Waals surface area (Å²) in [6, 6.07) is 5.13. The minimum Gasteiger partial charge on any atom is -0.871 e. The standard InChI is InChI=1S/C10H8O7S2.2Na/c11-10-8-5-7(18(12,13)14)3-1-6(8)2-4-9(10)19(15,16)17;;/h1-5,11H,(H,12,13,14)(H,15,16,17);;/q;2*+1/p-2. The fourth-order valence-corrected chi connectivity index (χ4v) is 2.69. The van der Waals surface area contributed by atoms with Crippen molar-refractivity contribution < 1.29 is 90.2 Å². The molecule has 2 rings (SSSR count). The Hall–Kier alpha value is 0.320. The van der Waals surface area contributed by atoms with E-state index in [0.29, 0.717) is 0 Å². The van der Waals surface area contributed by atoms with Crippen molar-refractivity contribution in [1.29, 1.82) is 0 Å². The normalized spacial score (nSPS) is 11.5. The van der Waals surface area contributed by atoms with Crippen molar-refractivity contribution in [2.24, 2.45) is 0 Å². The Morgan fingerprint density at radius 3 is 1.95 bits per heavy atom. The van der Waals surface area contributed by atoms with E-state index in [1.165, 1.54) is 12.1 Å². The number of rotatable bonds is 2. The molecule has 0 saturated carbocycles. The van der Waals surface area contributed by atoms with E-state index in [9.17, 15) is 26.5 Å². The summed E-state index contributed by atoms with van der Waals surface area (Å²) in [5.74, 6) is -1.06. The van der Waals surface area contributed by atoms with Crippen molar-refractivity contribution in [3.8, 4) is 5.75 Å². The number of hydrogen-bond acceptors (Lipinski definition) is 6. The second kappa shape index (κ2) is 7.26. The van der Waals surface area contributed by atoms with Crippen molar-refractivity contribution in [3.05, 3.63) is 30.3 Å². The average Bonchev–Trinajstić information content (AvgIpc) is 2.26. The molecule has 0 aliphatic rings. The first kappa shape index (κ1) is 21.3. The smallest absolute Gasteiger partial charge is 0.871 e. The molecule has 7 nitrogen and oxygen atoms in total. The van der Waals surface area contributed by atoms with E-state index in [1.54, 1.807) is 0 Å². The van der Waals surface area contributed by atoms with Gasteiger partial charge < -0.3 is 9.66 Å². The van der Waals surface area contributed by atoms with E-state index in [-0.39, 0.29) is 69.9 Å². The molecule has 0 unspecified atom stereocenters. The van der Waals surface area contributed by atoms with Crippen LogP contribution in [0.5, 0.6) is 5.75 Å². The number of benzene rings is 2. The van der Waals surface area contributed by atoms with Crippen LogP contribution in [0.4, 0.5) is 0 Å². The van der Waals surface area contributed by atoms with Gasteiger partial charge in [0.15, 0.2) is 0 Å². The second-order valence-corrected chi connectivity index (χ2v) is 6.47. The van der Waals surface area contributed by atoms with Gasteiger partial charge in [0.25, 0.3) is 10.1 Å². The van der Waals surface area contributed by atoms with Crippen LogP contribution in [0.3, 0.4) is 0 Å². The molecule has 102 valence electrons. The van der Waals surface area contributed by atoms with Crippen molar-refractivity contribution in [2.45, 2.75) is 9.79 Å². The molecule has 21 heavy (non-hydrogen) atoms. The van der Waals surface area contributed by atoms with E-state index >= 15 is 0 Å². The van der Waals surface area contributed by atoms with Gasteiger partial charge in [-0.25, -0.2) is 8.42 Å². The monoisotopic (exact) mass is 348 g/mol. The zero-order valence-electron chi connectivity index (χ0n) is 11.1. The molecule has 0 saturated heterocycles. The molecule has 0 spiro atoms. The van der Waals surface area contributed by atoms with Gasteiger partial charge in [-0.05, 0) is 29.0 Å². The van der Waals surface area contributed by atoms with Crippen LogP contribution in [0.1, 0.15) is 0 Å². The first-order valence-corrected chi connectivity index (χ1v) is 7.63. The van der Waals surface area contributed by atoms with Gasteiger partial charge in [0.2, 0.25) is 0 Å². The summed E-state index contributed by atoms with van der Waals surface area (Å²) >= 11 is 0. The molecular weight excluding hydrogens is 342 g/mol. The van der Waals surface area contributed by atoms with Gasteiger partial charge in [-0.15, -0.1) is 0 Å². The van der Waals surface area contributed by atoms with Crippen LogP contribution in [-0.4, -0.2) is 25.9 Å². The molecule has 0 aliphatic carbocycles. The molecule has 0 aliphatic heterocycles. The maximum absolute atomic E-state index is 11.8. The van der Waals surface area contributed by atoms with Crippen LogP contribution in [0.2, 0.25) is 0 Å². The Morgan fingerprint density at radius 2 is 1.48 bits per heavy atom. The summed E-state index contributed by atoms with van der Waals surface area (Å²) < 4.78 is 63.3. The van der Waals surface area contributed by atoms with Crippen LogP contribution in [0.15, 0.2) is 40.1 Å². The van der Waals surface area contributed by atoms with E-state index in [2.05, 4.69) is 0 Å². The van der Waals surface area contributed by atoms with Crippen molar-refractivity contribution in [2.75, 3.05) is 0 Å². The molecule has 2 aromatic rings. The third-order valence-electron chi connectivity index (χ3n) is 2.47. The molecule has 0 heterocycles. The number of fused-ring (bicyclic) bond motifs is 1. The van der Waals surface area contributed by atoms with Gasteiger partial charge in [-0.1, -0.05) is 17.9 Å². The Bertz CT molecular complexity index is 870. The second-order valence-electron chi connectivity index (χ2n) is 3.70. The molecule has 11 heteroatoms. The Morgan fingerprint density at radius 1 is 0.952 bits per heavy atom. The fraction of sp³-hybridized carbons (Fsp3) is 0. The zero-order chi connectivity index (χ0) is 14.4. The van der Waals surface area contributed by atoms with E-state index < -0.39 is 35.8 Å². The van der Waals surface area contributed by atoms with Crippen molar-refractivity contribution >= 4 is 31.0 Å². The molecule has 1 N–H and O–H groups in total. The first-order valence-electron chi connectivity index (χ1n) is 4.78. The quantitative estimate of drug-likeness (QED) is 0.422. The van der Waals surface area contributed by atoms with Crippen molar-refractivity contribution in [1.82, 2.24) is 0 Å². The molecule has 0 fully saturated rings. The van der Waals surface area contributed by atoms with Crippen LogP contribution in [-0.2, 0) is 20.2 Å². The summed E-state index contributed by atoms with van der Waals surface area (Å²) in [5.41, 5.74) is 0. The van der Waals surface area contributed by atoms with Crippen LogP contribution >= 0.6 is 0 Å². The summed E-state index contributed by atoms with van der Waals surface area (Å²) in [5, 5.41) is 11.8. The van der Waals surface area contributed by atoms with Gasteiger partial charge in [0, 0.05) is 0 Å². The fourth-order valence-electron chi connectivity index (χ4n) is 1.61. The summed E-state index contributed by atoms with van der Waals surface area (Å²) in [4.78, 5) is -1.52. The van der Waals surface area contributed by atoms with E-state index in [1.807, 2.05) is 0 Å². The van der Waals surface area contributed by atoms with Gasteiger partial charge in [0.05, 0.1) is 9.79 Å².